The van der Waals surface area contributed by atoms with Crippen molar-refractivity contribution in [2.24, 2.45) is 5.73 Å². The topological polar surface area (TPSA) is 60.3 Å². The Morgan fingerprint density at radius 1 is 1.04 bits per heavy atom. The summed E-state index contributed by atoms with van der Waals surface area (Å²) in [6, 6.07) is 12.7. The van der Waals surface area contributed by atoms with E-state index in [0.717, 1.165) is 54.0 Å². The van der Waals surface area contributed by atoms with Crippen LogP contribution in [-0.2, 0) is 6.42 Å². The van der Waals surface area contributed by atoms with Gasteiger partial charge in [0.25, 0.3) is 0 Å². The first-order valence-electron chi connectivity index (χ1n) is 10.2. The zero-order chi connectivity index (χ0) is 20.1. The predicted molar refractivity (Wildman–Crippen MR) is 118 cm³/mol. The van der Waals surface area contributed by atoms with Gasteiger partial charge in [0.15, 0.2) is 0 Å². The number of hydrogen-bond acceptors (Lipinski definition) is 3. The summed E-state index contributed by atoms with van der Waals surface area (Å²) in [6.45, 7) is 5.24. The summed E-state index contributed by atoms with van der Waals surface area (Å²) in [5.41, 5.74) is 11.7. The van der Waals surface area contributed by atoms with Crippen molar-refractivity contribution in [1.82, 2.24) is 4.98 Å². The van der Waals surface area contributed by atoms with Gasteiger partial charge in [-0.05, 0) is 73.5 Å². The second-order valence-electron chi connectivity index (χ2n) is 7.38. The van der Waals surface area contributed by atoms with Crippen LogP contribution >= 0.6 is 0 Å². The highest BCUT2D eigenvalue weighted by atomic mass is 16.5. The summed E-state index contributed by atoms with van der Waals surface area (Å²) in [6.07, 6.45) is 4.17. The van der Waals surface area contributed by atoms with Crippen molar-refractivity contribution in [3.05, 3.63) is 47.5 Å². The summed E-state index contributed by atoms with van der Waals surface area (Å²) >= 11 is 0. The molecule has 4 nitrogen and oxygen atoms in total. The van der Waals surface area contributed by atoms with Crippen LogP contribution in [0.25, 0.3) is 22.2 Å². The highest BCUT2D eigenvalue weighted by Crippen LogP contribution is 2.42. The van der Waals surface area contributed by atoms with E-state index in [1.807, 2.05) is 18.2 Å². The minimum Gasteiger partial charge on any atom is -0.496 e. The van der Waals surface area contributed by atoms with Gasteiger partial charge in [-0.3, -0.25) is 0 Å². The molecular weight excluding hydrogens is 348 g/mol. The highest BCUT2D eigenvalue weighted by Gasteiger charge is 2.20. The van der Waals surface area contributed by atoms with Gasteiger partial charge in [-0.2, -0.15) is 0 Å². The number of nitrogens with two attached hydrogens (primary N) is 1. The molecule has 1 atom stereocenters. The van der Waals surface area contributed by atoms with Crippen LogP contribution in [0.4, 0.5) is 0 Å². The van der Waals surface area contributed by atoms with E-state index in [-0.39, 0.29) is 0 Å². The average Bonchev–Trinajstić information content (AvgIpc) is 3.09. The SMILES string of the molecule is CCC(C)c1ccc2[nH]c(-c3c(OC)cccc3OC)c(CCCCN)c2c1. The lowest BCUT2D eigenvalue weighted by molar-refractivity contribution is 0.397. The number of hydrogen-bond donors (Lipinski definition) is 2. The maximum absolute atomic E-state index is 5.76. The quantitative estimate of drug-likeness (QED) is 0.472. The molecule has 0 fully saturated rings. The van der Waals surface area contributed by atoms with Gasteiger partial charge in [0, 0.05) is 10.9 Å². The van der Waals surface area contributed by atoms with E-state index >= 15 is 0 Å². The third-order valence-electron chi connectivity index (χ3n) is 5.67. The molecule has 0 saturated carbocycles. The zero-order valence-electron chi connectivity index (χ0n) is 17.5. The second-order valence-corrected chi connectivity index (χ2v) is 7.38. The summed E-state index contributed by atoms with van der Waals surface area (Å²) < 4.78 is 11.4. The predicted octanol–water partition coefficient (Wildman–Crippen LogP) is 5.65. The van der Waals surface area contributed by atoms with Crippen LogP contribution in [0.3, 0.4) is 0 Å². The molecule has 0 saturated heterocycles. The number of aryl methyl sites for hydroxylation is 1. The fraction of sp³-hybridized carbons (Fsp3) is 0.417. The van der Waals surface area contributed by atoms with E-state index < -0.39 is 0 Å². The number of unbranched alkanes of at least 4 members (excludes halogenated alkanes) is 1. The Balaban J connectivity index is 2.23. The third kappa shape index (κ3) is 3.88. The van der Waals surface area contributed by atoms with Crippen molar-refractivity contribution in [3.8, 4) is 22.8 Å². The number of rotatable bonds is 9. The average molecular weight is 381 g/mol. The van der Waals surface area contributed by atoms with Gasteiger partial charge < -0.3 is 20.2 Å². The van der Waals surface area contributed by atoms with Crippen LogP contribution in [0, 0.1) is 0 Å². The van der Waals surface area contributed by atoms with Gasteiger partial charge in [0.05, 0.1) is 25.5 Å². The highest BCUT2D eigenvalue weighted by molar-refractivity contribution is 5.93. The number of methoxy groups -OCH3 is 2. The van der Waals surface area contributed by atoms with Crippen LogP contribution in [-0.4, -0.2) is 25.7 Å². The first-order valence-corrected chi connectivity index (χ1v) is 10.2. The van der Waals surface area contributed by atoms with Crippen LogP contribution in [0.1, 0.15) is 50.2 Å². The molecule has 3 N–H and O–H groups in total. The van der Waals surface area contributed by atoms with Crippen molar-refractivity contribution in [2.75, 3.05) is 20.8 Å². The van der Waals surface area contributed by atoms with Crippen molar-refractivity contribution in [1.29, 1.82) is 0 Å². The van der Waals surface area contributed by atoms with Crippen LogP contribution in [0.15, 0.2) is 36.4 Å². The van der Waals surface area contributed by atoms with Crippen LogP contribution < -0.4 is 15.2 Å². The van der Waals surface area contributed by atoms with Gasteiger partial charge in [0.1, 0.15) is 11.5 Å². The molecular formula is C24H32N2O2. The molecule has 1 aromatic heterocycles. The molecule has 150 valence electrons. The van der Waals surface area contributed by atoms with Crippen LogP contribution in [0.5, 0.6) is 11.5 Å². The van der Waals surface area contributed by atoms with E-state index in [0.29, 0.717) is 12.5 Å². The molecule has 28 heavy (non-hydrogen) atoms. The largest absolute Gasteiger partial charge is 0.496 e. The molecule has 0 spiro atoms. The zero-order valence-corrected chi connectivity index (χ0v) is 17.5. The molecule has 2 aromatic carbocycles. The number of nitrogens with one attached hydrogen (secondary N) is 1. The van der Waals surface area contributed by atoms with Gasteiger partial charge in [-0.1, -0.05) is 26.0 Å². The standard InChI is InChI=1S/C24H32N2O2/c1-5-16(2)17-12-13-20-19(15-17)18(9-6-7-14-25)24(26-20)23-21(27-3)10-8-11-22(23)28-4/h8,10-13,15-16,26H,5-7,9,14,25H2,1-4H3. The van der Waals surface area contributed by atoms with Gasteiger partial charge in [0.2, 0.25) is 0 Å². The van der Waals surface area contributed by atoms with Crippen LogP contribution in [0.2, 0.25) is 0 Å². The molecule has 0 aliphatic heterocycles. The molecule has 3 rings (SSSR count). The Morgan fingerprint density at radius 3 is 2.36 bits per heavy atom. The molecule has 3 aromatic rings. The lowest BCUT2D eigenvalue weighted by Gasteiger charge is -2.14. The Morgan fingerprint density at radius 2 is 1.75 bits per heavy atom. The van der Waals surface area contributed by atoms with Gasteiger partial charge in [-0.15, -0.1) is 0 Å². The number of aromatic amines is 1. The fourth-order valence-electron chi connectivity index (χ4n) is 3.82. The number of H-pyrrole nitrogens is 1. The Labute approximate surface area is 168 Å². The lowest BCUT2D eigenvalue weighted by atomic mass is 9.94. The number of ether oxygens (including phenoxy) is 2. The van der Waals surface area contributed by atoms with E-state index in [1.54, 1.807) is 14.2 Å². The van der Waals surface area contributed by atoms with Crippen molar-refractivity contribution in [2.45, 2.75) is 45.4 Å². The monoisotopic (exact) mass is 380 g/mol. The third-order valence-corrected chi connectivity index (χ3v) is 5.67. The molecule has 0 aliphatic carbocycles. The number of aromatic nitrogens is 1. The first kappa shape index (κ1) is 20.3. The minimum atomic E-state index is 0.542. The number of fused-ring (bicyclic) bond motifs is 1. The summed E-state index contributed by atoms with van der Waals surface area (Å²) in [5, 5.41) is 1.29. The normalized spacial score (nSPS) is 12.3. The molecule has 1 heterocycles. The van der Waals surface area contributed by atoms with Crippen molar-refractivity contribution >= 4 is 10.9 Å². The summed E-state index contributed by atoms with van der Waals surface area (Å²) in [5.74, 6) is 2.17. The molecule has 0 bridgehead atoms. The molecule has 0 amide bonds. The molecule has 0 radical (unpaired) electrons. The second kappa shape index (κ2) is 9.16. The molecule has 0 aliphatic rings. The van der Waals surface area contributed by atoms with Crippen molar-refractivity contribution in [3.63, 3.8) is 0 Å². The maximum Gasteiger partial charge on any atom is 0.131 e. The summed E-state index contributed by atoms with van der Waals surface area (Å²) in [4.78, 5) is 3.65. The number of benzene rings is 2. The van der Waals surface area contributed by atoms with Crippen molar-refractivity contribution < 1.29 is 9.47 Å². The lowest BCUT2D eigenvalue weighted by Crippen LogP contribution is -2.00. The first-order chi connectivity index (χ1) is 13.6. The van der Waals surface area contributed by atoms with E-state index in [9.17, 15) is 0 Å². The fourth-order valence-corrected chi connectivity index (χ4v) is 3.82. The smallest absolute Gasteiger partial charge is 0.131 e. The van der Waals surface area contributed by atoms with Gasteiger partial charge >= 0.3 is 0 Å². The van der Waals surface area contributed by atoms with E-state index in [1.165, 1.54) is 16.5 Å². The Hall–Kier alpha value is -2.46. The maximum atomic E-state index is 5.76. The van der Waals surface area contributed by atoms with E-state index in [4.69, 9.17) is 15.2 Å². The Kier molecular flexibility index (Phi) is 6.63. The minimum absolute atomic E-state index is 0.542. The Bertz CT molecular complexity index is 907. The summed E-state index contributed by atoms with van der Waals surface area (Å²) in [7, 11) is 3.41. The molecule has 1 unspecified atom stereocenters. The molecule has 4 heteroatoms. The van der Waals surface area contributed by atoms with E-state index in [2.05, 4.69) is 37.0 Å². The van der Waals surface area contributed by atoms with Gasteiger partial charge in [-0.25, -0.2) is 0 Å².